The SMILES string of the molecule is COC(CO)C(O)C(O)n1cc(CN[C@@H]2[C@@H](O)[C@@H](O)[C@@H]3O[C@H]23)c2c(=O)[nH]c(N)nc21. The number of rotatable bonds is 8. The van der Waals surface area contributed by atoms with Crippen molar-refractivity contribution in [2.24, 2.45) is 0 Å². The molecule has 1 aliphatic heterocycles. The lowest BCUT2D eigenvalue weighted by Crippen LogP contribution is -2.44. The third kappa shape index (κ3) is 3.38. The molecule has 30 heavy (non-hydrogen) atoms. The van der Waals surface area contributed by atoms with Crippen LogP contribution in [-0.4, -0.2) is 96.5 Å². The molecule has 166 valence electrons. The van der Waals surface area contributed by atoms with E-state index in [9.17, 15) is 30.3 Å². The van der Waals surface area contributed by atoms with Crippen molar-refractivity contribution in [2.75, 3.05) is 19.5 Å². The molecule has 2 aliphatic rings. The molecule has 0 radical (unpaired) electrons. The van der Waals surface area contributed by atoms with Gasteiger partial charge in [-0.1, -0.05) is 0 Å². The molecular formula is C17H25N5O8. The van der Waals surface area contributed by atoms with Crippen LogP contribution in [0.5, 0.6) is 0 Å². The van der Waals surface area contributed by atoms with Gasteiger partial charge in [-0.15, -0.1) is 0 Å². The first-order chi connectivity index (χ1) is 14.3. The third-order valence-corrected chi connectivity index (χ3v) is 5.73. The Kier molecular flexibility index (Phi) is 5.54. The highest BCUT2D eigenvalue weighted by Crippen LogP contribution is 2.39. The molecule has 8 atom stereocenters. The van der Waals surface area contributed by atoms with Crippen LogP contribution < -0.4 is 16.6 Å². The summed E-state index contributed by atoms with van der Waals surface area (Å²) in [7, 11) is 1.27. The zero-order chi connectivity index (χ0) is 21.7. The smallest absolute Gasteiger partial charge is 0.262 e. The van der Waals surface area contributed by atoms with Gasteiger partial charge < -0.3 is 50.6 Å². The maximum absolute atomic E-state index is 12.5. The number of H-pyrrole nitrogens is 1. The van der Waals surface area contributed by atoms with E-state index in [0.717, 1.165) is 0 Å². The largest absolute Gasteiger partial charge is 0.394 e. The van der Waals surface area contributed by atoms with E-state index in [4.69, 9.17) is 15.2 Å². The Balaban J connectivity index is 1.66. The quantitative estimate of drug-likeness (QED) is 0.191. The van der Waals surface area contributed by atoms with Gasteiger partial charge in [0.15, 0.2) is 11.9 Å². The summed E-state index contributed by atoms with van der Waals surface area (Å²) < 4.78 is 11.4. The monoisotopic (exact) mass is 427 g/mol. The molecule has 1 saturated carbocycles. The van der Waals surface area contributed by atoms with E-state index in [1.54, 1.807) is 0 Å². The predicted octanol–water partition coefficient (Wildman–Crippen LogP) is -3.87. The third-order valence-electron chi connectivity index (χ3n) is 5.73. The second-order valence-corrected chi connectivity index (χ2v) is 7.53. The number of ether oxygens (including phenoxy) is 2. The zero-order valence-corrected chi connectivity index (χ0v) is 16.0. The summed E-state index contributed by atoms with van der Waals surface area (Å²) in [4.78, 5) is 19.0. The van der Waals surface area contributed by atoms with Crippen molar-refractivity contribution in [3.05, 3.63) is 22.1 Å². The molecule has 13 nitrogen and oxygen atoms in total. The number of nitrogen functional groups attached to an aromatic ring is 1. The van der Waals surface area contributed by atoms with Crippen LogP contribution in [0, 0.1) is 0 Å². The number of hydrogen-bond donors (Lipinski definition) is 8. The fraction of sp³-hybridized carbons (Fsp3) is 0.647. The fourth-order valence-corrected chi connectivity index (χ4v) is 4.03. The van der Waals surface area contributed by atoms with Crippen LogP contribution in [-0.2, 0) is 16.0 Å². The van der Waals surface area contributed by atoms with Gasteiger partial charge in [-0.25, -0.2) is 0 Å². The number of nitrogens with zero attached hydrogens (tertiary/aromatic N) is 2. The molecule has 9 N–H and O–H groups in total. The predicted molar refractivity (Wildman–Crippen MR) is 101 cm³/mol. The molecule has 0 bridgehead atoms. The van der Waals surface area contributed by atoms with Gasteiger partial charge in [0.25, 0.3) is 5.56 Å². The van der Waals surface area contributed by atoms with Crippen molar-refractivity contribution in [3.8, 4) is 0 Å². The van der Waals surface area contributed by atoms with Crippen LogP contribution in [0.3, 0.4) is 0 Å². The number of aliphatic hydroxyl groups is 5. The van der Waals surface area contributed by atoms with Crippen molar-refractivity contribution in [1.29, 1.82) is 0 Å². The highest BCUT2D eigenvalue weighted by Gasteiger charge is 2.61. The van der Waals surface area contributed by atoms with Crippen molar-refractivity contribution >= 4 is 17.0 Å². The molecule has 0 aromatic carbocycles. The lowest BCUT2D eigenvalue weighted by molar-refractivity contribution is -0.115. The van der Waals surface area contributed by atoms with E-state index < -0.39 is 55.0 Å². The summed E-state index contributed by atoms with van der Waals surface area (Å²) in [5.74, 6) is -0.179. The fourth-order valence-electron chi connectivity index (χ4n) is 4.03. The molecule has 0 spiro atoms. The van der Waals surface area contributed by atoms with E-state index in [1.165, 1.54) is 17.9 Å². The van der Waals surface area contributed by atoms with Crippen molar-refractivity contribution in [3.63, 3.8) is 0 Å². The number of nitrogens with one attached hydrogen (secondary N) is 2. The van der Waals surface area contributed by atoms with Crippen LogP contribution >= 0.6 is 0 Å². The minimum absolute atomic E-state index is 0.0277. The standard InChI is InChI=1S/C17H25N5O8/c1-29-6(4-23)9(24)16(28)22-3-5(7-14(22)20-17(18)21-15(7)27)2-19-8-10(25)11(26)13-12(8)30-13/h3,6,8-13,16,19,23-26,28H,2,4H2,1H3,(H3,18,20,21,27)/t6?,8-,9?,10-,11-,12-,13+,16?/m1/s1. The van der Waals surface area contributed by atoms with Gasteiger partial charge in [-0.05, 0) is 5.56 Å². The molecule has 2 fully saturated rings. The van der Waals surface area contributed by atoms with Gasteiger partial charge in [0.05, 0.1) is 18.0 Å². The van der Waals surface area contributed by atoms with Crippen LogP contribution in [0.25, 0.3) is 11.0 Å². The maximum atomic E-state index is 12.5. The van der Waals surface area contributed by atoms with Crippen LogP contribution in [0.4, 0.5) is 5.95 Å². The number of nitrogens with two attached hydrogens (primary N) is 1. The molecule has 13 heteroatoms. The Hall–Kier alpha value is -2.10. The molecule has 3 unspecified atom stereocenters. The zero-order valence-electron chi connectivity index (χ0n) is 16.0. The van der Waals surface area contributed by atoms with Crippen LogP contribution in [0.1, 0.15) is 11.8 Å². The first-order valence-corrected chi connectivity index (χ1v) is 9.42. The molecule has 1 aliphatic carbocycles. The minimum atomic E-state index is -1.60. The molecule has 2 aromatic heterocycles. The molecular weight excluding hydrogens is 402 g/mol. The van der Waals surface area contributed by atoms with Gasteiger partial charge in [-0.3, -0.25) is 9.78 Å². The molecule has 1 saturated heterocycles. The van der Waals surface area contributed by atoms with Gasteiger partial charge in [0, 0.05) is 19.9 Å². The Morgan fingerprint density at radius 3 is 2.70 bits per heavy atom. The Bertz CT molecular complexity index is 975. The number of epoxide rings is 1. The summed E-state index contributed by atoms with van der Waals surface area (Å²) in [6.45, 7) is -0.460. The number of aromatic amines is 1. The number of hydrogen-bond acceptors (Lipinski definition) is 11. The van der Waals surface area contributed by atoms with Gasteiger partial charge >= 0.3 is 0 Å². The van der Waals surface area contributed by atoms with E-state index in [2.05, 4.69) is 15.3 Å². The Morgan fingerprint density at radius 2 is 2.10 bits per heavy atom. The number of anilines is 1. The summed E-state index contributed by atoms with van der Waals surface area (Å²) in [5.41, 5.74) is 5.53. The van der Waals surface area contributed by atoms with Gasteiger partial charge in [-0.2, -0.15) is 4.98 Å². The van der Waals surface area contributed by atoms with E-state index in [0.29, 0.717) is 5.56 Å². The average Bonchev–Trinajstić information content (AvgIpc) is 3.35. The van der Waals surface area contributed by atoms with Crippen molar-refractivity contribution in [2.45, 2.75) is 55.4 Å². The van der Waals surface area contributed by atoms with Gasteiger partial charge in [0.2, 0.25) is 5.95 Å². The number of aliphatic hydroxyl groups excluding tert-OH is 5. The summed E-state index contributed by atoms with van der Waals surface area (Å²) >= 11 is 0. The van der Waals surface area contributed by atoms with Crippen LogP contribution in [0.2, 0.25) is 0 Å². The topological polar surface area (TPSA) is 212 Å². The normalized spacial score (nSPS) is 30.9. The van der Waals surface area contributed by atoms with Crippen LogP contribution in [0.15, 0.2) is 11.0 Å². The summed E-state index contributed by atoms with van der Waals surface area (Å²) in [6, 6.07) is -0.535. The summed E-state index contributed by atoms with van der Waals surface area (Å²) in [5, 5.41) is 53.5. The minimum Gasteiger partial charge on any atom is -0.394 e. The lowest BCUT2D eigenvalue weighted by Gasteiger charge is -2.25. The number of methoxy groups -OCH3 is 1. The second kappa shape index (κ2) is 7.86. The van der Waals surface area contributed by atoms with Crippen molar-refractivity contribution in [1.82, 2.24) is 19.9 Å². The number of fused-ring (bicyclic) bond motifs is 2. The highest BCUT2D eigenvalue weighted by atomic mass is 16.6. The molecule has 3 heterocycles. The average molecular weight is 427 g/mol. The maximum Gasteiger partial charge on any atom is 0.262 e. The second-order valence-electron chi connectivity index (χ2n) is 7.53. The first-order valence-electron chi connectivity index (χ1n) is 9.42. The van der Waals surface area contributed by atoms with E-state index >= 15 is 0 Å². The Morgan fingerprint density at radius 1 is 1.37 bits per heavy atom. The molecule has 4 rings (SSSR count). The molecule has 2 aromatic rings. The van der Waals surface area contributed by atoms with E-state index in [-0.39, 0.29) is 29.6 Å². The van der Waals surface area contributed by atoms with Crippen molar-refractivity contribution < 1.29 is 35.0 Å². The summed E-state index contributed by atoms with van der Waals surface area (Å²) in [6.07, 6.45) is -5.51. The van der Waals surface area contributed by atoms with Gasteiger partial charge in [0.1, 0.15) is 36.6 Å². The van der Waals surface area contributed by atoms with E-state index in [1.807, 2.05) is 0 Å². The molecule has 0 amide bonds. The highest BCUT2D eigenvalue weighted by molar-refractivity contribution is 5.80. The lowest BCUT2D eigenvalue weighted by atomic mass is 10.1. The Labute approximate surface area is 169 Å². The first kappa shape index (κ1) is 21.1. The number of aromatic nitrogens is 3.